The topological polar surface area (TPSA) is 12.0 Å². The maximum absolute atomic E-state index is 13.2. The SMILES string of the molecule is C[C@H](Nc1cc2ccc1CCc1ccc(cc1)CC2)c1ccc(F)cc1. The van der Waals surface area contributed by atoms with Crippen LogP contribution in [0.15, 0.2) is 66.7 Å². The summed E-state index contributed by atoms with van der Waals surface area (Å²) in [5, 5.41) is 3.66. The van der Waals surface area contributed by atoms with Crippen LogP contribution in [0.4, 0.5) is 10.1 Å². The minimum Gasteiger partial charge on any atom is -0.378 e. The van der Waals surface area contributed by atoms with Crippen LogP contribution in [0.5, 0.6) is 0 Å². The second kappa shape index (κ2) is 7.33. The molecule has 7 rings (SSSR count). The van der Waals surface area contributed by atoms with E-state index < -0.39 is 0 Å². The van der Waals surface area contributed by atoms with Crippen molar-refractivity contribution in [3.63, 3.8) is 0 Å². The fourth-order valence-electron chi connectivity index (χ4n) is 3.64. The molecule has 0 saturated heterocycles. The number of halogens is 1. The number of hydrogen-bond acceptors (Lipinski definition) is 1. The van der Waals surface area contributed by atoms with E-state index in [0.29, 0.717) is 0 Å². The Morgan fingerprint density at radius 2 is 1.31 bits per heavy atom. The highest BCUT2D eigenvalue weighted by Gasteiger charge is 2.11. The standard InChI is InChI=1S/C24H24FN/c1-17(21-12-14-23(25)15-13-21)26-24-16-20-7-6-18-2-4-19(5-3-18)8-10-22(24)11-9-20/h2-5,9,11-17,26H,6-8,10H2,1H3/t17-/m0/s1. The lowest BCUT2D eigenvalue weighted by Crippen LogP contribution is -2.10. The highest BCUT2D eigenvalue weighted by atomic mass is 19.1. The van der Waals surface area contributed by atoms with Crippen LogP contribution in [-0.2, 0) is 25.7 Å². The van der Waals surface area contributed by atoms with Crippen molar-refractivity contribution in [2.24, 2.45) is 0 Å². The van der Waals surface area contributed by atoms with E-state index in [4.69, 9.17) is 0 Å². The zero-order chi connectivity index (χ0) is 17.9. The van der Waals surface area contributed by atoms with Gasteiger partial charge in [0.05, 0.1) is 0 Å². The first-order valence-corrected chi connectivity index (χ1v) is 9.39. The van der Waals surface area contributed by atoms with Gasteiger partial charge in [-0.25, -0.2) is 4.39 Å². The van der Waals surface area contributed by atoms with Crippen LogP contribution < -0.4 is 5.32 Å². The Morgan fingerprint density at radius 1 is 0.731 bits per heavy atom. The van der Waals surface area contributed by atoms with Gasteiger partial charge in [0, 0.05) is 11.7 Å². The second-order valence-corrected chi connectivity index (χ2v) is 7.23. The Bertz CT molecular complexity index is 881. The van der Waals surface area contributed by atoms with E-state index in [0.717, 1.165) is 31.2 Å². The summed E-state index contributed by atoms with van der Waals surface area (Å²) < 4.78 is 13.2. The van der Waals surface area contributed by atoms with Crippen LogP contribution >= 0.6 is 0 Å². The Hall–Kier alpha value is -2.61. The molecule has 0 radical (unpaired) electrons. The van der Waals surface area contributed by atoms with Crippen LogP contribution in [0, 0.1) is 5.82 Å². The van der Waals surface area contributed by atoms with E-state index in [1.807, 2.05) is 12.1 Å². The summed E-state index contributed by atoms with van der Waals surface area (Å²) in [6.45, 7) is 2.13. The monoisotopic (exact) mass is 345 g/mol. The summed E-state index contributed by atoms with van der Waals surface area (Å²) in [6, 6.07) is 22.8. The molecule has 0 aliphatic heterocycles. The van der Waals surface area contributed by atoms with Gasteiger partial charge in [-0.3, -0.25) is 0 Å². The predicted molar refractivity (Wildman–Crippen MR) is 106 cm³/mol. The lowest BCUT2D eigenvalue weighted by molar-refractivity contribution is 0.626. The average molecular weight is 345 g/mol. The zero-order valence-corrected chi connectivity index (χ0v) is 15.1. The highest BCUT2D eigenvalue weighted by Crippen LogP contribution is 2.27. The van der Waals surface area contributed by atoms with Crippen molar-refractivity contribution in [1.29, 1.82) is 0 Å². The Balaban J connectivity index is 1.61. The summed E-state index contributed by atoms with van der Waals surface area (Å²) in [5.41, 5.74) is 7.77. The van der Waals surface area contributed by atoms with Crippen molar-refractivity contribution in [2.75, 3.05) is 5.32 Å². The van der Waals surface area contributed by atoms with Crippen molar-refractivity contribution in [2.45, 2.75) is 38.6 Å². The van der Waals surface area contributed by atoms with Crippen molar-refractivity contribution >= 4 is 5.69 Å². The van der Waals surface area contributed by atoms with E-state index >= 15 is 0 Å². The third-order valence-electron chi connectivity index (χ3n) is 5.32. The number of benzene rings is 3. The third kappa shape index (κ3) is 3.80. The quantitative estimate of drug-likeness (QED) is 0.625. The Morgan fingerprint density at radius 3 is 2.00 bits per heavy atom. The first kappa shape index (κ1) is 16.8. The minimum atomic E-state index is -0.191. The van der Waals surface area contributed by atoms with Crippen molar-refractivity contribution in [1.82, 2.24) is 0 Å². The van der Waals surface area contributed by atoms with Gasteiger partial charge in [-0.15, -0.1) is 0 Å². The smallest absolute Gasteiger partial charge is 0.123 e. The second-order valence-electron chi connectivity index (χ2n) is 7.23. The summed E-state index contributed by atoms with van der Waals surface area (Å²) in [4.78, 5) is 0. The normalized spacial score (nSPS) is 14.5. The molecule has 3 aromatic carbocycles. The molecule has 0 heterocycles. The van der Waals surface area contributed by atoms with E-state index in [2.05, 4.69) is 54.7 Å². The number of nitrogens with one attached hydrogen (secondary N) is 1. The molecular formula is C24H24FN. The van der Waals surface area contributed by atoms with Crippen LogP contribution in [0.2, 0.25) is 0 Å². The first-order chi connectivity index (χ1) is 12.7. The van der Waals surface area contributed by atoms with Crippen LogP contribution in [0.25, 0.3) is 0 Å². The molecule has 0 amide bonds. The Kier molecular flexibility index (Phi) is 4.75. The molecule has 1 atom stereocenters. The lowest BCUT2D eigenvalue weighted by atomic mass is 9.95. The fraction of sp³-hybridized carbons (Fsp3) is 0.250. The van der Waals surface area contributed by atoms with Crippen molar-refractivity contribution in [3.05, 3.63) is 100 Å². The molecule has 2 heteroatoms. The van der Waals surface area contributed by atoms with E-state index in [1.54, 1.807) is 0 Å². The number of aryl methyl sites for hydroxylation is 4. The fourth-order valence-corrected chi connectivity index (χ4v) is 3.64. The van der Waals surface area contributed by atoms with Gasteiger partial charge < -0.3 is 5.32 Å². The number of anilines is 1. The molecule has 4 aliphatic rings. The van der Waals surface area contributed by atoms with E-state index in [-0.39, 0.29) is 11.9 Å². The third-order valence-corrected chi connectivity index (χ3v) is 5.32. The maximum atomic E-state index is 13.2. The van der Waals surface area contributed by atoms with Gasteiger partial charge in [-0.05, 0) is 78.6 Å². The Labute approximate surface area is 154 Å². The van der Waals surface area contributed by atoms with Crippen LogP contribution in [-0.4, -0.2) is 0 Å². The summed E-state index contributed by atoms with van der Waals surface area (Å²) in [5.74, 6) is -0.191. The van der Waals surface area contributed by atoms with E-state index in [9.17, 15) is 4.39 Å². The molecule has 0 spiro atoms. The molecule has 1 N–H and O–H groups in total. The van der Waals surface area contributed by atoms with Crippen molar-refractivity contribution in [3.8, 4) is 0 Å². The van der Waals surface area contributed by atoms with E-state index in [1.165, 1.54) is 40.1 Å². The largest absolute Gasteiger partial charge is 0.378 e. The number of hydrogen-bond donors (Lipinski definition) is 1. The van der Waals surface area contributed by atoms with Gasteiger partial charge in [0.25, 0.3) is 0 Å². The van der Waals surface area contributed by atoms with Crippen LogP contribution in [0.1, 0.15) is 40.8 Å². The van der Waals surface area contributed by atoms with Crippen molar-refractivity contribution < 1.29 is 4.39 Å². The summed E-state index contributed by atoms with van der Waals surface area (Å²) in [6.07, 6.45) is 4.16. The molecular weight excluding hydrogens is 321 g/mol. The molecule has 0 unspecified atom stereocenters. The summed E-state index contributed by atoms with van der Waals surface area (Å²) >= 11 is 0. The molecule has 4 aliphatic carbocycles. The molecule has 26 heavy (non-hydrogen) atoms. The highest BCUT2D eigenvalue weighted by molar-refractivity contribution is 5.55. The van der Waals surface area contributed by atoms with Gasteiger partial charge in [0.2, 0.25) is 0 Å². The molecule has 3 aromatic rings. The van der Waals surface area contributed by atoms with Gasteiger partial charge in [0.1, 0.15) is 5.82 Å². The number of rotatable bonds is 3. The molecule has 4 bridgehead atoms. The molecule has 0 aromatic heterocycles. The van der Waals surface area contributed by atoms with Gasteiger partial charge in [0.15, 0.2) is 0 Å². The maximum Gasteiger partial charge on any atom is 0.123 e. The zero-order valence-electron chi connectivity index (χ0n) is 15.1. The first-order valence-electron chi connectivity index (χ1n) is 9.39. The summed E-state index contributed by atoms with van der Waals surface area (Å²) in [7, 11) is 0. The van der Waals surface area contributed by atoms with Gasteiger partial charge in [-0.2, -0.15) is 0 Å². The molecule has 0 saturated carbocycles. The van der Waals surface area contributed by atoms with Gasteiger partial charge in [-0.1, -0.05) is 48.5 Å². The predicted octanol–water partition coefficient (Wildman–Crippen LogP) is 5.88. The molecule has 1 nitrogen and oxygen atoms in total. The molecule has 0 fully saturated rings. The van der Waals surface area contributed by atoms with Crippen LogP contribution in [0.3, 0.4) is 0 Å². The minimum absolute atomic E-state index is 0.135. The van der Waals surface area contributed by atoms with Gasteiger partial charge >= 0.3 is 0 Å². The molecule has 132 valence electrons. The lowest BCUT2D eigenvalue weighted by Gasteiger charge is -2.20. The average Bonchev–Trinajstić information content (AvgIpc) is 2.65.